The van der Waals surface area contributed by atoms with Crippen LogP contribution in [0.5, 0.6) is 5.88 Å². The fraction of sp³-hybridized carbons (Fsp3) is 0.667. The van der Waals surface area contributed by atoms with Crippen molar-refractivity contribution in [3.8, 4) is 5.88 Å². The van der Waals surface area contributed by atoms with Gasteiger partial charge in [-0.15, -0.1) is 0 Å². The molecule has 0 unspecified atom stereocenters. The quantitative estimate of drug-likeness (QED) is 0.742. The smallest absolute Gasteiger partial charge is 0.218 e. The molecule has 5 nitrogen and oxygen atoms in total. The molecule has 0 saturated carbocycles. The maximum Gasteiger partial charge on any atom is 0.218 e. The molecule has 0 aliphatic heterocycles. The Hall–Kier alpha value is -1.36. The molecular formula is C12H22N4O. The molecule has 0 amide bonds. The Balaban J connectivity index is 2.73. The summed E-state index contributed by atoms with van der Waals surface area (Å²) in [7, 11) is 0. The average Bonchev–Trinajstić information content (AvgIpc) is 2.35. The first-order valence-corrected chi connectivity index (χ1v) is 6.21. The van der Waals surface area contributed by atoms with Crippen molar-refractivity contribution in [1.29, 1.82) is 0 Å². The zero-order valence-electron chi connectivity index (χ0n) is 10.7. The third-order valence-corrected chi connectivity index (χ3v) is 2.42. The molecule has 1 aromatic heterocycles. The minimum atomic E-state index is 0.613. The van der Waals surface area contributed by atoms with Crippen LogP contribution < -0.4 is 15.4 Å². The van der Waals surface area contributed by atoms with E-state index in [9.17, 15) is 0 Å². The highest BCUT2D eigenvalue weighted by molar-refractivity contribution is 5.40. The number of rotatable bonds is 8. The molecule has 0 atom stereocenters. The predicted molar refractivity (Wildman–Crippen MR) is 69.4 cm³/mol. The summed E-state index contributed by atoms with van der Waals surface area (Å²) < 4.78 is 5.37. The fourth-order valence-electron chi connectivity index (χ4n) is 1.58. The lowest BCUT2D eigenvalue weighted by Crippen LogP contribution is -2.31. The van der Waals surface area contributed by atoms with Crippen LogP contribution in [0.2, 0.25) is 0 Å². The molecule has 0 aliphatic rings. The van der Waals surface area contributed by atoms with E-state index in [0.29, 0.717) is 19.0 Å². The Morgan fingerprint density at radius 2 is 2.12 bits per heavy atom. The molecule has 1 aromatic rings. The summed E-state index contributed by atoms with van der Waals surface area (Å²) in [6.45, 7) is 7.13. The number of aromatic nitrogens is 2. The van der Waals surface area contributed by atoms with Crippen LogP contribution in [0.4, 0.5) is 5.82 Å². The highest BCUT2D eigenvalue weighted by Crippen LogP contribution is 2.15. The Bertz CT molecular complexity index is 319. The predicted octanol–water partition coefficient (Wildman–Crippen LogP) is 1.44. The largest absolute Gasteiger partial charge is 0.478 e. The monoisotopic (exact) mass is 238 g/mol. The summed E-state index contributed by atoms with van der Waals surface area (Å²) in [5.74, 6) is 1.51. The Kier molecular flexibility index (Phi) is 6.32. The molecule has 0 radical (unpaired) electrons. The molecule has 0 saturated heterocycles. The standard InChI is InChI=1S/C12H22N4O/c1-3-5-7-16(8-6-13)11-9-12(17-4-2)15-10-14-11/h9-10H,3-8,13H2,1-2H3. The number of ether oxygens (including phenoxy) is 1. The highest BCUT2D eigenvalue weighted by Gasteiger charge is 2.08. The number of unbranched alkanes of at least 4 members (excludes halogenated alkanes) is 1. The second-order valence-electron chi connectivity index (χ2n) is 3.78. The van der Waals surface area contributed by atoms with E-state index in [-0.39, 0.29) is 0 Å². The number of nitrogens with two attached hydrogens (primary N) is 1. The SMILES string of the molecule is CCCCN(CCN)c1cc(OCC)ncn1. The van der Waals surface area contributed by atoms with Crippen molar-refractivity contribution in [3.05, 3.63) is 12.4 Å². The summed E-state index contributed by atoms with van der Waals surface area (Å²) in [5, 5.41) is 0. The van der Waals surface area contributed by atoms with Crippen molar-refractivity contribution < 1.29 is 4.74 Å². The van der Waals surface area contributed by atoms with Gasteiger partial charge in [-0.05, 0) is 13.3 Å². The summed E-state index contributed by atoms with van der Waals surface area (Å²) in [4.78, 5) is 10.5. The Morgan fingerprint density at radius 3 is 2.76 bits per heavy atom. The summed E-state index contributed by atoms with van der Waals surface area (Å²) in [6, 6.07) is 1.87. The molecule has 0 fully saturated rings. The highest BCUT2D eigenvalue weighted by atomic mass is 16.5. The lowest BCUT2D eigenvalue weighted by atomic mass is 10.3. The molecule has 1 heterocycles. The van der Waals surface area contributed by atoms with E-state index in [4.69, 9.17) is 10.5 Å². The Labute approximate surface area is 103 Å². The minimum absolute atomic E-state index is 0.613. The Morgan fingerprint density at radius 1 is 1.29 bits per heavy atom. The molecule has 5 heteroatoms. The van der Waals surface area contributed by atoms with E-state index < -0.39 is 0 Å². The van der Waals surface area contributed by atoms with Crippen LogP contribution in [-0.2, 0) is 0 Å². The van der Waals surface area contributed by atoms with Gasteiger partial charge in [0.25, 0.3) is 0 Å². The lowest BCUT2D eigenvalue weighted by molar-refractivity contribution is 0.326. The average molecular weight is 238 g/mol. The van der Waals surface area contributed by atoms with E-state index in [2.05, 4.69) is 21.8 Å². The maximum absolute atomic E-state index is 5.62. The molecule has 1 rings (SSSR count). The van der Waals surface area contributed by atoms with Crippen LogP contribution in [0.3, 0.4) is 0 Å². The van der Waals surface area contributed by atoms with Gasteiger partial charge in [0.2, 0.25) is 5.88 Å². The maximum atomic E-state index is 5.62. The van der Waals surface area contributed by atoms with E-state index in [1.54, 1.807) is 0 Å². The van der Waals surface area contributed by atoms with Gasteiger partial charge in [-0.25, -0.2) is 9.97 Å². The number of hydrogen-bond acceptors (Lipinski definition) is 5. The van der Waals surface area contributed by atoms with E-state index >= 15 is 0 Å². The van der Waals surface area contributed by atoms with Crippen molar-refractivity contribution in [3.63, 3.8) is 0 Å². The molecule has 0 bridgehead atoms. The molecule has 0 aliphatic carbocycles. The van der Waals surface area contributed by atoms with Crippen LogP contribution in [0.15, 0.2) is 12.4 Å². The molecule has 0 spiro atoms. The van der Waals surface area contributed by atoms with Gasteiger partial charge in [-0.1, -0.05) is 13.3 Å². The van der Waals surface area contributed by atoms with E-state index in [0.717, 1.165) is 31.7 Å². The fourth-order valence-corrected chi connectivity index (χ4v) is 1.58. The number of nitrogens with zero attached hydrogens (tertiary/aromatic N) is 3. The second-order valence-corrected chi connectivity index (χ2v) is 3.78. The van der Waals surface area contributed by atoms with Gasteiger partial charge in [0.1, 0.15) is 12.1 Å². The number of anilines is 1. The third kappa shape index (κ3) is 4.56. The van der Waals surface area contributed by atoms with E-state index in [1.807, 2.05) is 13.0 Å². The van der Waals surface area contributed by atoms with Crippen LogP contribution in [-0.4, -0.2) is 36.2 Å². The minimum Gasteiger partial charge on any atom is -0.478 e. The van der Waals surface area contributed by atoms with Crippen LogP contribution in [0.25, 0.3) is 0 Å². The van der Waals surface area contributed by atoms with Gasteiger partial charge < -0.3 is 15.4 Å². The van der Waals surface area contributed by atoms with Crippen molar-refractivity contribution in [1.82, 2.24) is 9.97 Å². The van der Waals surface area contributed by atoms with Gasteiger partial charge in [0.05, 0.1) is 6.61 Å². The summed E-state index contributed by atoms with van der Waals surface area (Å²) in [5.41, 5.74) is 5.62. The van der Waals surface area contributed by atoms with Crippen LogP contribution in [0.1, 0.15) is 26.7 Å². The zero-order valence-corrected chi connectivity index (χ0v) is 10.7. The van der Waals surface area contributed by atoms with Gasteiger partial charge in [0, 0.05) is 25.7 Å². The summed E-state index contributed by atoms with van der Waals surface area (Å²) >= 11 is 0. The van der Waals surface area contributed by atoms with Gasteiger partial charge in [-0.3, -0.25) is 0 Å². The molecule has 2 N–H and O–H groups in total. The zero-order chi connectivity index (χ0) is 12.5. The molecule has 17 heavy (non-hydrogen) atoms. The topological polar surface area (TPSA) is 64.3 Å². The van der Waals surface area contributed by atoms with Crippen LogP contribution in [0, 0.1) is 0 Å². The lowest BCUT2D eigenvalue weighted by Gasteiger charge is -2.22. The van der Waals surface area contributed by atoms with Crippen LogP contribution >= 0.6 is 0 Å². The molecular weight excluding hydrogens is 216 g/mol. The van der Waals surface area contributed by atoms with Crippen molar-refractivity contribution in [2.75, 3.05) is 31.1 Å². The first kappa shape index (κ1) is 13.7. The molecule has 0 aromatic carbocycles. The van der Waals surface area contributed by atoms with Crippen molar-refractivity contribution in [2.45, 2.75) is 26.7 Å². The molecule has 96 valence electrons. The van der Waals surface area contributed by atoms with Gasteiger partial charge in [-0.2, -0.15) is 0 Å². The first-order valence-electron chi connectivity index (χ1n) is 6.21. The van der Waals surface area contributed by atoms with Crippen molar-refractivity contribution in [2.24, 2.45) is 5.73 Å². The first-order chi connectivity index (χ1) is 8.31. The number of hydrogen-bond donors (Lipinski definition) is 1. The second kappa shape index (κ2) is 7.84. The normalized spacial score (nSPS) is 10.3. The van der Waals surface area contributed by atoms with Gasteiger partial charge in [0.15, 0.2) is 0 Å². The van der Waals surface area contributed by atoms with E-state index in [1.165, 1.54) is 6.33 Å². The van der Waals surface area contributed by atoms with Crippen molar-refractivity contribution >= 4 is 5.82 Å². The van der Waals surface area contributed by atoms with Gasteiger partial charge >= 0.3 is 0 Å². The third-order valence-electron chi connectivity index (χ3n) is 2.42. The summed E-state index contributed by atoms with van der Waals surface area (Å²) in [6.07, 6.45) is 3.83.